The smallest absolute Gasteiger partial charge is 0.217 e. The molecule has 0 saturated carbocycles. The van der Waals surface area contributed by atoms with Crippen molar-refractivity contribution in [3.05, 3.63) is 58.9 Å². The number of aliphatic hydroxyl groups is 1. The molecule has 0 radical (unpaired) electrons. The van der Waals surface area contributed by atoms with Gasteiger partial charge in [0.25, 0.3) is 0 Å². The molecule has 35 heavy (non-hydrogen) atoms. The lowest BCUT2D eigenvalue weighted by Gasteiger charge is -2.38. The van der Waals surface area contributed by atoms with Crippen LogP contribution in [-0.2, 0) is 17.6 Å². The molecule has 6 nitrogen and oxygen atoms in total. The number of rotatable bonds is 8. The van der Waals surface area contributed by atoms with Crippen LogP contribution >= 0.6 is 0 Å². The molecule has 0 bridgehead atoms. The first-order chi connectivity index (χ1) is 16.2. The Bertz CT molecular complexity index is 1030. The van der Waals surface area contributed by atoms with Crippen molar-refractivity contribution in [3.63, 3.8) is 0 Å². The molecular formula is C27H37F2N3O3. The summed E-state index contributed by atoms with van der Waals surface area (Å²) in [5.41, 5.74) is 1.96. The zero-order chi connectivity index (χ0) is 26.0. The monoisotopic (exact) mass is 489 g/mol. The number of aromatic nitrogens is 1. The molecule has 1 aromatic carbocycles. The summed E-state index contributed by atoms with van der Waals surface area (Å²) in [6.07, 6.45) is 2.35. The van der Waals surface area contributed by atoms with Crippen LogP contribution in [0.15, 0.2) is 30.5 Å². The van der Waals surface area contributed by atoms with E-state index in [1.54, 1.807) is 6.20 Å². The average molecular weight is 490 g/mol. The Balaban J connectivity index is 1.77. The molecule has 3 N–H and O–H groups in total. The third-order valence-electron chi connectivity index (χ3n) is 5.93. The molecule has 1 amide bonds. The fraction of sp³-hybridized carbons (Fsp3) is 0.556. The van der Waals surface area contributed by atoms with Crippen molar-refractivity contribution >= 4 is 5.91 Å². The van der Waals surface area contributed by atoms with Gasteiger partial charge >= 0.3 is 0 Å². The van der Waals surface area contributed by atoms with Crippen LogP contribution in [-0.4, -0.2) is 40.3 Å². The van der Waals surface area contributed by atoms with Crippen molar-refractivity contribution < 1.29 is 23.4 Å². The number of nitrogens with one attached hydrogen (secondary N) is 2. The van der Waals surface area contributed by atoms with Gasteiger partial charge in [-0.3, -0.25) is 9.78 Å². The Labute approximate surface area is 206 Å². The van der Waals surface area contributed by atoms with Gasteiger partial charge in [-0.05, 0) is 55.9 Å². The zero-order valence-corrected chi connectivity index (χ0v) is 21.4. The lowest BCUT2D eigenvalue weighted by Crippen LogP contribution is -2.49. The minimum absolute atomic E-state index is 0.0805. The summed E-state index contributed by atoms with van der Waals surface area (Å²) in [6, 6.07) is 4.44. The van der Waals surface area contributed by atoms with Crippen molar-refractivity contribution in [2.75, 3.05) is 6.54 Å². The molecule has 1 aliphatic rings. The van der Waals surface area contributed by atoms with Crippen LogP contribution in [0.2, 0.25) is 0 Å². The fourth-order valence-electron chi connectivity index (χ4n) is 4.56. The van der Waals surface area contributed by atoms with Gasteiger partial charge in [0.05, 0.1) is 18.3 Å². The maximum absolute atomic E-state index is 13.7. The fourth-order valence-corrected chi connectivity index (χ4v) is 4.56. The highest BCUT2D eigenvalue weighted by molar-refractivity contribution is 5.73. The van der Waals surface area contributed by atoms with Gasteiger partial charge < -0.3 is 20.5 Å². The van der Waals surface area contributed by atoms with Gasteiger partial charge in [-0.2, -0.15) is 0 Å². The number of hydrogen-bond donors (Lipinski definition) is 3. The zero-order valence-electron chi connectivity index (χ0n) is 21.4. The summed E-state index contributed by atoms with van der Waals surface area (Å²) in [6.45, 7) is 12.0. The summed E-state index contributed by atoms with van der Waals surface area (Å²) in [5, 5.41) is 17.1. The Kier molecular flexibility index (Phi) is 8.17. The van der Waals surface area contributed by atoms with E-state index in [-0.39, 0.29) is 30.3 Å². The molecule has 0 saturated heterocycles. The van der Waals surface area contributed by atoms with Gasteiger partial charge in [-0.25, -0.2) is 8.78 Å². The van der Waals surface area contributed by atoms with E-state index < -0.39 is 29.4 Å². The summed E-state index contributed by atoms with van der Waals surface area (Å²) in [5.74, 6) is -1.02. The van der Waals surface area contributed by atoms with E-state index in [2.05, 4.69) is 42.5 Å². The van der Waals surface area contributed by atoms with Gasteiger partial charge in [0.1, 0.15) is 23.0 Å². The van der Waals surface area contributed by atoms with Crippen LogP contribution < -0.4 is 15.4 Å². The molecule has 8 heteroatoms. The van der Waals surface area contributed by atoms with Crippen LogP contribution in [0.4, 0.5) is 8.78 Å². The van der Waals surface area contributed by atoms with Gasteiger partial charge in [-0.15, -0.1) is 0 Å². The SMILES string of the molecule is CC(=O)N[C@@H](Cc1cc(F)cc(F)c1)[C@H](O)CN[C@H]1CC(C)(C)Oc2cnc(CC(C)(C)C)cc21. The molecular weight excluding hydrogens is 452 g/mol. The second-order valence-corrected chi connectivity index (χ2v) is 11.3. The summed E-state index contributed by atoms with van der Waals surface area (Å²) in [7, 11) is 0. The standard InChI is InChI=1S/C27H37F2N3O3/c1-16(33)32-22(9-17-7-18(28)10-19(29)8-17)24(34)14-31-23-13-27(5,6)35-25-15-30-20(11-21(23)25)12-26(2,3)4/h7-8,10-11,15,22-24,31,34H,9,12-14H2,1-6H3,(H,32,33)/t22-,23-,24+/m0/s1. The van der Waals surface area contributed by atoms with Gasteiger partial charge in [0, 0.05) is 43.3 Å². The van der Waals surface area contributed by atoms with Crippen LogP contribution in [0.5, 0.6) is 5.75 Å². The second-order valence-electron chi connectivity index (χ2n) is 11.3. The first-order valence-corrected chi connectivity index (χ1v) is 12.0. The Hall–Kier alpha value is -2.58. The maximum atomic E-state index is 13.7. The van der Waals surface area contributed by atoms with Gasteiger partial charge in [0.2, 0.25) is 5.91 Å². The first kappa shape index (κ1) is 27.0. The van der Waals surface area contributed by atoms with E-state index in [0.717, 1.165) is 23.7 Å². The lowest BCUT2D eigenvalue weighted by atomic mass is 9.87. The third-order valence-corrected chi connectivity index (χ3v) is 5.93. The average Bonchev–Trinajstić information content (AvgIpc) is 2.69. The van der Waals surface area contributed by atoms with E-state index in [1.807, 2.05) is 13.8 Å². The molecule has 0 fully saturated rings. The number of benzene rings is 1. The Morgan fingerprint density at radius 3 is 2.49 bits per heavy atom. The number of pyridine rings is 1. The minimum atomic E-state index is -0.990. The number of aliphatic hydroxyl groups excluding tert-OH is 1. The number of halogens is 2. The molecule has 1 aromatic heterocycles. The van der Waals surface area contributed by atoms with E-state index in [4.69, 9.17) is 4.74 Å². The predicted molar refractivity (Wildman–Crippen MR) is 131 cm³/mol. The summed E-state index contributed by atoms with van der Waals surface area (Å²) >= 11 is 0. The number of carbonyl (C=O) groups is 1. The number of fused-ring (bicyclic) bond motifs is 1. The molecule has 2 heterocycles. The number of ether oxygens (including phenoxy) is 1. The minimum Gasteiger partial charge on any atom is -0.486 e. The molecule has 3 atom stereocenters. The summed E-state index contributed by atoms with van der Waals surface area (Å²) in [4.78, 5) is 16.4. The predicted octanol–water partition coefficient (Wildman–Crippen LogP) is 4.25. The third kappa shape index (κ3) is 7.97. The van der Waals surface area contributed by atoms with E-state index in [9.17, 15) is 18.7 Å². The van der Waals surface area contributed by atoms with Gasteiger partial charge in [0.15, 0.2) is 0 Å². The Morgan fingerprint density at radius 1 is 1.23 bits per heavy atom. The Morgan fingerprint density at radius 2 is 1.89 bits per heavy atom. The lowest BCUT2D eigenvalue weighted by molar-refractivity contribution is -0.120. The van der Waals surface area contributed by atoms with Crippen molar-refractivity contribution in [1.82, 2.24) is 15.6 Å². The van der Waals surface area contributed by atoms with Gasteiger partial charge in [-0.1, -0.05) is 20.8 Å². The molecule has 3 rings (SSSR count). The first-order valence-electron chi connectivity index (χ1n) is 12.0. The molecule has 192 valence electrons. The van der Waals surface area contributed by atoms with E-state index >= 15 is 0 Å². The molecule has 1 aliphatic heterocycles. The van der Waals surface area contributed by atoms with Crippen molar-refractivity contribution in [1.29, 1.82) is 0 Å². The number of amides is 1. The van der Waals surface area contributed by atoms with Crippen LogP contribution in [0.1, 0.15) is 70.8 Å². The largest absolute Gasteiger partial charge is 0.486 e. The molecule has 0 unspecified atom stereocenters. The van der Waals surface area contributed by atoms with E-state index in [1.165, 1.54) is 19.1 Å². The van der Waals surface area contributed by atoms with E-state index in [0.29, 0.717) is 17.7 Å². The number of carbonyl (C=O) groups excluding carboxylic acids is 1. The van der Waals surface area contributed by atoms with Crippen LogP contribution in [0.3, 0.4) is 0 Å². The highest BCUT2D eigenvalue weighted by Crippen LogP contribution is 2.40. The molecule has 2 aromatic rings. The number of hydrogen-bond acceptors (Lipinski definition) is 5. The quantitative estimate of drug-likeness (QED) is 0.517. The van der Waals surface area contributed by atoms with Crippen molar-refractivity contribution in [2.24, 2.45) is 5.41 Å². The molecule has 0 aliphatic carbocycles. The number of nitrogens with zero attached hydrogens (tertiary/aromatic N) is 1. The maximum Gasteiger partial charge on any atom is 0.217 e. The summed E-state index contributed by atoms with van der Waals surface area (Å²) < 4.78 is 33.5. The van der Waals surface area contributed by atoms with Crippen LogP contribution in [0.25, 0.3) is 0 Å². The second kappa shape index (κ2) is 10.6. The van der Waals surface area contributed by atoms with Crippen molar-refractivity contribution in [2.45, 2.75) is 84.6 Å². The highest BCUT2D eigenvalue weighted by Gasteiger charge is 2.35. The normalized spacial score (nSPS) is 18.8. The topological polar surface area (TPSA) is 83.5 Å². The van der Waals surface area contributed by atoms with Crippen molar-refractivity contribution in [3.8, 4) is 5.75 Å². The van der Waals surface area contributed by atoms with Crippen LogP contribution in [0, 0.1) is 17.0 Å². The highest BCUT2D eigenvalue weighted by atomic mass is 19.1. The molecule has 0 spiro atoms.